The second-order valence-corrected chi connectivity index (χ2v) is 11.6. The number of nitrogens with zero attached hydrogens (tertiary/aromatic N) is 2. The van der Waals surface area contributed by atoms with Gasteiger partial charge in [0.25, 0.3) is 5.82 Å². The van der Waals surface area contributed by atoms with Gasteiger partial charge in [0, 0.05) is 6.42 Å². The van der Waals surface area contributed by atoms with Crippen molar-refractivity contribution in [1.82, 2.24) is 4.57 Å². The van der Waals surface area contributed by atoms with E-state index in [4.69, 9.17) is 0 Å². The van der Waals surface area contributed by atoms with Gasteiger partial charge in [-0.25, -0.2) is 9.13 Å². The minimum atomic E-state index is 1.11. The van der Waals surface area contributed by atoms with Crippen molar-refractivity contribution in [2.75, 3.05) is 0 Å². The molecule has 0 bridgehead atoms. The van der Waals surface area contributed by atoms with Gasteiger partial charge in [0.15, 0.2) is 0 Å². The molecule has 0 N–H and O–H groups in total. The zero-order chi connectivity index (χ0) is 25.9. The summed E-state index contributed by atoms with van der Waals surface area (Å²) in [5.74, 6) is 1.57. The lowest BCUT2D eigenvalue weighted by Gasteiger charge is -2.06. The highest BCUT2D eigenvalue weighted by atomic mass is 15.1. The third-order valence-corrected chi connectivity index (χ3v) is 8.19. The van der Waals surface area contributed by atoms with E-state index in [0.717, 1.165) is 6.54 Å². The molecule has 0 saturated heterocycles. The van der Waals surface area contributed by atoms with Crippen LogP contribution in [0.3, 0.4) is 0 Å². The van der Waals surface area contributed by atoms with Crippen LogP contribution in [0.1, 0.15) is 187 Å². The van der Waals surface area contributed by atoms with Crippen molar-refractivity contribution >= 4 is 0 Å². The lowest BCUT2D eigenvalue weighted by atomic mass is 10.0. The van der Waals surface area contributed by atoms with Gasteiger partial charge in [-0.05, 0) is 26.2 Å². The Morgan fingerprint density at radius 3 is 1.22 bits per heavy atom. The number of aromatic nitrogens is 2. The van der Waals surface area contributed by atoms with Gasteiger partial charge >= 0.3 is 0 Å². The van der Waals surface area contributed by atoms with E-state index in [2.05, 4.69) is 42.3 Å². The molecule has 0 aliphatic heterocycles. The predicted octanol–water partition coefficient (Wildman–Crippen LogP) is 11.1. The molecule has 0 aromatic carbocycles. The highest BCUT2D eigenvalue weighted by molar-refractivity contribution is 4.83. The highest BCUT2D eigenvalue weighted by Crippen LogP contribution is 2.14. The monoisotopic (exact) mass is 504 g/mol. The summed E-state index contributed by atoms with van der Waals surface area (Å²) >= 11 is 0. The van der Waals surface area contributed by atoms with Crippen LogP contribution >= 0.6 is 0 Å². The summed E-state index contributed by atoms with van der Waals surface area (Å²) < 4.78 is 5.06. The molecule has 0 amide bonds. The first-order valence-electron chi connectivity index (χ1n) is 16.9. The number of hydrogen-bond donors (Lipinski definition) is 0. The number of unbranched alkanes of at least 4 members (excludes halogenated alkanes) is 23. The van der Waals surface area contributed by atoms with Crippen LogP contribution in [0.4, 0.5) is 0 Å². The Labute approximate surface area is 228 Å². The van der Waals surface area contributed by atoms with Gasteiger partial charge in [-0.15, -0.1) is 0 Å². The zero-order valence-electron chi connectivity index (χ0n) is 25.3. The molecule has 0 saturated carbocycles. The minimum Gasteiger partial charge on any atom is -0.235 e. The number of hydrogen-bond acceptors (Lipinski definition) is 0. The Kier molecular flexibility index (Phi) is 23.9. The highest BCUT2D eigenvalue weighted by Gasteiger charge is 2.15. The molecule has 1 aromatic heterocycles. The lowest BCUT2D eigenvalue weighted by molar-refractivity contribution is -0.704. The molecule has 1 heterocycles. The van der Waals surface area contributed by atoms with Crippen molar-refractivity contribution in [2.24, 2.45) is 0 Å². The van der Waals surface area contributed by atoms with Crippen LogP contribution in [0, 0.1) is 0 Å². The molecule has 0 aliphatic rings. The van der Waals surface area contributed by atoms with E-state index in [1.54, 1.807) is 5.82 Å². The maximum absolute atomic E-state index is 2.57. The Hall–Kier alpha value is -0.790. The normalized spacial score (nSPS) is 11.5. The van der Waals surface area contributed by atoms with Gasteiger partial charge in [-0.3, -0.25) is 0 Å². The van der Waals surface area contributed by atoms with E-state index in [1.165, 1.54) is 173 Å². The van der Waals surface area contributed by atoms with Crippen molar-refractivity contribution in [3.05, 3.63) is 18.2 Å². The van der Waals surface area contributed by atoms with E-state index in [1.807, 2.05) is 0 Å². The molecule has 0 spiro atoms. The molecule has 0 unspecified atom stereocenters. The van der Waals surface area contributed by atoms with Crippen LogP contribution in [0.2, 0.25) is 0 Å². The van der Waals surface area contributed by atoms with Gasteiger partial charge < -0.3 is 0 Å². The Bertz CT molecular complexity index is 562. The molecule has 2 nitrogen and oxygen atoms in total. The first-order chi connectivity index (χ1) is 17.8. The summed E-state index contributed by atoms with van der Waals surface area (Å²) in [4.78, 5) is 0. The topological polar surface area (TPSA) is 8.81 Å². The number of imidazole rings is 1. The maximum Gasteiger partial charge on any atom is 0.256 e. The predicted molar refractivity (Wildman–Crippen MR) is 161 cm³/mol. The smallest absolute Gasteiger partial charge is 0.235 e. The van der Waals surface area contributed by atoms with E-state index < -0.39 is 0 Å². The van der Waals surface area contributed by atoms with Crippen LogP contribution in [0.15, 0.2) is 12.4 Å². The first-order valence-corrected chi connectivity index (χ1v) is 16.9. The standard InChI is InChI=1S/C34H67N2/c1-4-7-9-11-13-15-17-19-21-23-25-27-29-31-36-33-32-35(6-3)34(36)30-28-26-24-22-20-18-16-14-12-10-8-5-2/h32-33H,4-31H2,1-3H3/q+1. The molecule has 0 fully saturated rings. The quantitative estimate of drug-likeness (QED) is 0.0794. The molecule has 212 valence electrons. The third kappa shape index (κ3) is 18.5. The number of aryl methyl sites for hydroxylation is 2. The van der Waals surface area contributed by atoms with Crippen molar-refractivity contribution in [3.63, 3.8) is 0 Å². The van der Waals surface area contributed by atoms with E-state index in [9.17, 15) is 0 Å². The van der Waals surface area contributed by atoms with Crippen molar-refractivity contribution in [1.29, 1.82) is 0 Å². The van der Waals surface area contributed by atoms with E-state index >= 15 is 0 Å². The van der Waals surface area contributed by atoms with Crippen LogP contribution < -0.4 is 4.57 Å². The summed E-state index contributed by atoms with van der Waals surface area (Å²) in [5.41, 5.74) is 0. The molecule has 0 radical (unpaired) electrons. The fraction of sp³-hybridized carbons (Fsp3) is 0.912. The second-order valence-electron chi connectivity index (χ2n) is 11.6. The fourth-order valence-corrected chi connectivity index (χ4v) is 5.70. The molecular formula is C34H67N2+. The lowest BCUT2D eigenvalue weighted by Crippen LogP contribution is -2.37. The molecule has 1 rings (SSSR count). The van der Waals surface area contributed by atoms with Crippen molar-refractivity contribution < 1.29 is 4.57 Å². The molecular weight excluding hydrogens is 436 g/mol. The minimum absolute atomic E-state index is 1.11. The average Bonchev–Trinajstić information content (AvgIpc) is 3.29. The van der Waals surface area contributed by atoms with Gasteiger partial charge in [0.2, 0.25) is 0 Å². The van der Waals surface area contributed by atoms with Gasteiger partial charge in [0.05, 0.1) is 13.1 Å². The summed E-state index contributed by atoms with van der Waals surface area (Å²) in [6, 6.07) is 0. The van der Waals surface area contributed by atoms with Crippen LogP contribution in [-0.2, 0) is 19.5 Å². The molecule has 0 atom stereocenters. The second kappa shape index (κ2) is 25.8. The molecule has 0 aliphatic carbocycles. The van der Waals surface area contributed by atoms with Gasteiger partial charge in [-0.1, -0.05) is 155 Å². The van der Waals surface area contributed by atoms with Crippen LogP contribution in [-0.4, -0.2) is 4.57 Å². The third-order valence-electron chi connectivity index (χ3n) is 8.19. The number of rotatable bonds is 28. The van der Waals surface area contributed by atoms with Gasteiger partial charge in [-0.2, -0.15) is 0 Å². The van der Waals surface area contributed by atoms with Crippen LogP contribution in [0.25, 0.3) is 0 Å². The molecule has 2 heteroatoms. The zero-order valence-corrected chi connectivity index (χ0v) is 25.3. The largest absolute Gasteiger partial charge is 0.256 e. The van der Waals surface area contributed by atoms with E-state index in [-0.39, 0.29) is 0 Å². The summed E-state index contributed by atoms with van der Waals surface area (Å²) in [5, 5.41) is 0. The fourth-order valence-electron chi connectivity index (χ4n) is 5.70. The van der Waals surface area contributed by atoms with Crippen molar-refractivity contribution in [3.8, 4) is 0 Å². The summed E-state index contributed by atoms with van der Waals surface area (Å²) in [7, 11) is 0. The summed E-state index contributed by atoms with van der Waals surface area (Å²) in [6.45, 7) is 9.23. The Morgan fingerprint density at radius 1 is 0.472 bits per heavy atom. The van der Waals surface area contributed by atoms with Crippen molar-refractivity contribution in [2.45, 2.75) is 201 Å². The first kappa shape index (κ1) is 33.2. The molecule has 1 aromatic rings. The molecule has 36 heavy (non-hydrogen) atoms. The Morgan fingerprint density at radius 2 is 0.833 bits per heavy atom. The summed E-state index contributed by atoms with van der Waals surface area (Å²) in [6.07, 6.45) is 41.8. The van der Waals surface area contributed by atoms with Gasteiger partial charge in [0.1, 0.15) is 12.4 Å². The maximum atomic E-state index is 2.57. The van der Waals surface area contributed by atoms with E-state index in [0.29, 0.717) is 0 Å². The average molecular weight is 504 g/mol. The Balaban J connectivity index is 2.02. The SMILES string of the molecule is CCCCCCCCCCCCCCC[n+]1ccn(CC)c1CCCCCCCCCCCCCC. The van der Waals surface area contributed by atoms with Crippen LogP contribution in [0.5, 0.6) is 0 Å².